The summed E-state index contributed by atoms with van der Waals surface area (Å²) in [5, 5.41) is 14.3. The molecule has 12 nitrogen and oxygen atoms in total. The summed E-state index contributed by atoms with van der Waals surface area (Å²) in [4.78, 5) is 45.2. The Labute approximate surface area is 271 Å². The SMILES string of the molecule is CCCCOC(=O)NCC1CCN(c2c(NC(=O)c3nc(CCC4CCCCC4)sc3NC(=O)OC(C)(C)C)cnn2C)CC1. The van der Waals surface area contributed by atoms with E-state index in [9.17, 15) is 14.4 Å². The molecule has 0 atom stereocenters. The number of hydrogen-bond donors (Lipinski definition) is 3. The number of nitrogens with one attached hydrogen (secondary N) is 3. The molecule has 2 aromatic heterocycles. The van der Waals surface area contributed by atoms with Gasteiger partial charge in [0.25, 0.3) is 5.91 Å². The summed E-state index contributed by atoms with van der Waals surface area (Å²) >= 11 is 1.34. The lowest BCUT2D eigenvalue weighted by Gasteiger charge is -2.33. The molecule has 1 saturated carbocycles. The van der Waals surface area contributed by atoms with E-state index >= 15 is 0 Å². The zero-order valence-electron chi connectivity index (χ0n) is 27.6. The Morgan fingerprint density at radius 1 is 1.02 bits per heavy atom. The highest BCUT2D eigenvalue weighted by molar-refractivity contribution is 7.16. The number of amides is 3. The van der Waals surface area contributed by atoms with Gasteiger partial charge in [-0.05, 0) is 64.7 Å². The fraction of sp³-hybridized carbons (Fsp3) is 0.719. The predicted molar refractivity (Wildman–Crippen MR) is 177 cm³/mol. The standard InChI is InChI=1S/C32H51N7O5S/c1-6-7-19-43-30(41)33-20-23-15-17-39(18-16-23)29-24(21-34-38(29)5)35-27(40)26-28(37-31(42)44-32(2,3)4)45-25(36-26)14-13-22-11-9-8-10-12-22/h21-23H,6-20H2,1-5H3,(H,33,41)(H,35,40)(H,37,42). The molecule has 1 saturated heterocycles. The van der Waals surface area contributed by atoms with Gasteiger partial charge in [-0.15, -0.1) is 11.3 Å². The minimum Gasteiger partial charge on any atom is -0.450 e. The van der Waals surface area contributed by atoms with Crippen molar-refractivity contribution in [2.75, 3.05) is 41.8 Å². The average Bonchev–Trinajstić information content (AvgIpc) is 3.57. The number of unbranched alkanes of at least 4 members (excludes halogenated alkanes) is 1. The zero-order valence-corrected chi connectivity index (χ0v) is 28.4. The first kappa shape index (κ1) is 34.5. The van der Waals surface area contributed by atoms with E-state index in [0.29, 0.717) is 35.7 Å². The molecule has 13 heteroatoms. The van der Waals surface area contributed by atoms with Crippen molar-refractivity contribution in [3.05, 3.63) is 16.9 Å². The molecule has 0 bridgehead atoms. The van der Waals surface area contributed by atoms with Crippen LogP contribution in [0.25, 0.3) is 0 Å². The zero-order chi connectivity index (χ0) is 32.4. The summed E-state index contributed by atoms with van der Waals surface area (Å²) in [6.45, 7) is 9.99. The van der Waals surface area contributed by atoms with Crippen LogP contribution in [0.2, 0.25) is 0 Å². The van der Waals surface area contributed by atoms with E-state index in [2.05, 4.69) is 32.9 Å². The molecule has 4 rings (SSSR count). The fourth-order valence-corrected chi connectivity index (χ4v) is 6.88. The van der Waals surface area contributed by atoms with E-state index in [1.54, 1.807) is 31.6 Å². The van der Waals surface area contributed by atoms with E-state index < -0.39 is 17.6 Å². The molecule has 0 aromatic carbocycles. The number of nitrogens with zero attached hydrogens (tertiary/aromatic N) is 4. The second-order valence-electron chi connectivity index (χ2n) is 13.2. The van der Waals surface area contributed by atoms with Gasteiger partial charge in [0.2, 0.25) is 0 Å². The molecule has 2 aromatic rings. The third-order valence-corrected chi connectivity index (χ3v) is 9.36. The van der Waals surface area contributed by atoms with Gasteiger partial charge in [-0.2, -0.15) is 5.10 Å². The highest BCUT2D eigenvalue weighted by atomic mass is 32.1. The molecule has 1 aliphatic carbocycles. The number of carbonyl (C=O) groups excluding carboxylic acids is 3. The topological polar surface area (TPSA) is 140 Å². The lowest BCUT2D eigenvalue weighted by atomic mass is 9.86. The molecule has 45 heavy (non-hydrogen) atoms. The van der Waals surface area contributed by atoms with Gasteiger partial charge in [-0.3, -0.25) is 14.8 Å². The molecule has 2 aliphatic rings. The van der Waals surface area contributed by atoms with Gasteiger partial charge in [0, 0.05) is 26.7 Å². The quantitative estimate of drug-likeness (QED) is 0.216. The minimum absolute atomic E-state index is 0.176. The Balaban J connectivity index is 1.40. The number of thiazole rings is 1. The van der Waals surface area contributed by atoms with E-state index in [4.69, 9.17) is 14.5 Å². The number of alkyl carbamates (subject to hydrolysis) is 1. The Morgan fingerprint density at radius 3 is 2.44 bits per heavy atom. The van der Waals surface area contributed by atoms with Crippen molar-refractivity contribution in [2.24, 2.45) is 18.9 Å². The van der Waals surface area contributed by atoms with Crippen LogP contribution < -0.4 is 20.9 Å². The van der Waals surface area contributed by atoms with Crippen molar-refractivity contribution in [1.82, 2.24) is 20.1 Å². The largest absolute Gasteiger partial charge is 0.450 e. The number of aryl methyl sites for hydroxylation is 2. The molecule has 0 radical (unpaired) electrons. The second-order valence-corrected chi connectivity index (χ2v) is 14.3. The molecule has 3 heterocycles. The maximum atomic E-state index is 13.7. The lowest BCUT2D eigenvalue weighted by molar-refractivity contribution is 0.0636. The third-order valence-electron chi connectivity index (χ3n) is 8.33. The van der Waals surface area contributed by atoms with Crippen molar-refractivity contribution in [3.8, 4) is 0 Å². The third kappa shape index (κ3) is 10.6. The number of hydrogen-bond acceptors (Lipinski definition) is 9. The van der Waals surface area contributed by atoms with E-state index in [1.807, 2.05) is 7.05 Å². The van der Waals surface area contributed by atoms with Gasteiger partial charge in [0.15, 0.2) is 11.5 Å². The fourth-order valence-electron chi connectivity index (χ4n) is 5.92. The molecular weight excluding hydrogens is 594 g/mol. The summed E-state index contributed by atoms with van der Waals surface area (Å²) in [7, 11) is 1.85. The molecular formula is C32H51N7O5S. The summed E-state index contributed by atoms with van der Waals surface area (Å²) < 4.78 is 12.4. The summed E-state index contributed by atoms with van der Waals surface area (Å²) in [5.41, 5.74) is 0.0843. The molecule has 2 fully saturated rings. The summed E-state index contributed by atoms with van der Waals surface area (Å²) in [6, 6.07) is 0. The number of ether oxygens (including phenoxy) is 2. The second kappa shape index (κ2) is 16.3. The van der Waals surface area contributed by atoms with Gasteiger partial charge in [-0.1, -0.05) is 45.4 Å². The molecule has 250 valence electrons. The summed E-state index contributed by atoms with van der Waals surface area (Å²) in [6.07, 6.45) is 12.4. The van der Waals surface area contributed by atoms with E-state index in [1.165, 1.54) is 43.4 Å². The van der Waals surface area contributed by atoms with Crippen molar-refractivity contribution < 1.29 is 23.9 Å². The Bertz CT molecular complexity index is 1270. The van der Waals surface area contributed by atoms with Crippen LogP contribution in [0.4, 0.5) is 26.1 Å². The van der Waals surface area contributed by atoms with E-state index in [-0.39, 0.29) is 11.8 Å². The number of piperidine rings is 1. The molecule has 0 unspecified atom stereocenters. The highest BCUT2D eigenvalue weighted by Gasteiger charge is 2.28. The Hall–Kier alpha value is -3.35. The van der Waals surface area contributed by atoms with Gasteiger partial charge < -0.3 is 25.0 Å². The normalized spacial score (nSPS) is 16.3. The van der Waals surface area contributed by atoms with Crippen LogP contribution >= 0.6 is 11.3 Å². The summed E-state index contributed by atoms with van der Waals surface area (Å²) in [5.74, 6) is 1.42. The molecule has 3 amide bonds. The smallest absolute Gasteiger partial charge is 0.412 e. The Kier molecular flexibility index (Phi) is 12.5. The van der Waals surface area contributed by atoms with Crippen molar-refractivity contribution in [2.45, 2.75) is 104 Å². The first-order chi connectivity index (χ1) is 21.5. The van der Waals surface area contributed by atoms with Crippen molar-refractivity contribution in [1.29, 1.82) is 0 Å². The van der Waals surface area contributed by atoms with Crippen LogP contribution in [0.1, 0.15) is 107 Å². The monoisotopic (exact) mass is 645 g/mol. The number of rotatable bonds is 12. The van der Waals surface area contributed by atoms with Crippen LogP contribution in [0.5, 0.6) is 0 Å². The molecule has 0 spiro atoms. The van der Waals surface area contributed by atoms with Gasteiger partial charge in [0.05, 0.1) is 17.8 Å². The van der Waals surface area contributed by atoms with Crippen LogP contribution in [0.3, 0.4) is 0 Å². The van der Waals surface area contributed by atoms with Crippen LogP contribution in [0.15, 0.2) is 6.20 Å². The predicted octanol–water partition coefficient (Wildman–Crippen LogP) is 6.73. The van der Waals surface area contributed by atoms with Crippen molar-refractivity contribution in [3.63, 3.8) is 0 Å². The van der Waals surface area contributed by atoms with Crippen LogP contribution in [0, 0.1) is 11.8 Å². The first-order valence-electron chi connectivity index (χ1n) is 16.5. The van der Waals surface area contributed by atoms with Gasteiger partial charge in [-0.25, -0.2) is 14.6 Å². The maximum absolute atomic E-state index is 13.7. The van der Waals surface area contributed by atoms with Gasteiger partial charge in [0.1, 0.15) is 16.3 Å². The van der Waals surface area contributed by atoms with Crippen molar-refractivity contribution >= 4 is 45.9 Å². The highest BCUT2D eigenvalue weighted by Crippen LogP contribution is 2.33. The first-order valence-corrected chi connectivity index (χ1v) is 17.3. The van der Waals surface area contributed by atoms with E-state index in [0.717, 1.165) is 62.4 Å². The maximum Gasteiger partial charge on any atom is 0.412 e. The number of carbonyl (C=O) groups is 3. The molecule has 3 N–H and O–H groups in total. The molecule has 1 aliphatic heterocycles. The van der Waals surface area contributed by atoms with Crippen LogP contribution in [-0.2, 0) is 22.9 Å². The van der Waals surface area contributed by atoms with Gasteiger partial charge >= 0.3 is 12.2 Å². The minimum atomic E-state index is -0.674. The van der Waals surface area contributed by atoms with Crippen LogP contribution in [-0.4, -0.2) is 64.7 Å². The lowest BCUT2D eigenvalue weighted by Crippen LogP contribution is -2.39. The number of anilines is 3. The Morgan fingerprint density at radius 2 is 1.76 bits per heavy atom. The number of aromatic nitrogens is 3. The average molecular weight is 646 g/mol.